The molecule has 1 atom stereocenters. The van der Waals surface area contributed by atoms with E-state index < -0.39 is 24.4 Å². The number of Topliss-reactive ketones (excluding diaryl/α,β-unsaturated/α-hetero) is 1. The van der Waals surface area contributed by atoms with Crippen LogP contribution in [0.4, 0.5) is 4.39 Å². The monoisotopic (exact) mass is 552 g/mol. The Morgan fingerprint density at radius 3 is 2.15 bits per heavy atom. The van der Waals surface area contributed by atoms with Gasteiger partial charge in [-0.15, -0.1) is 0 Å². The summed E-state index contributed by atoms with van der Waals surface area (Å²) in [6.45, 7) is 9.72. The first-order valence-electron chi connectivity index (χ1n) is 13.7. The summed E-state index contributed by atoms with van der Waals surface area (Å²) < 4.78 is 12.2. The van der Waals surface area contributed by atoms with Crippen LogP contribution < -0.4 is 22.1 Å². The predicted octanol–water partition coefficient (Wildman–Crippen LogP) is 2.49. The Balaban J connectivity index is 0. The topological polar surface area (TPSA) is 160 Å². The summed E-state index contributed by atoms with van der Waals surface area (Å²) in [5.41, 5.74) is 11.1. The van der Waals surface area contributed by atoms with E-state index >= 15 is 0 Å². The number of carbonyl (C=O) groups is 4. The Hall–Kier alpha value is -3.50. The first-order chi connectivity index (χ1) is 18.7. The average Bonchev–Trinajstić information content (AvgIpc) is 3.45. The van der Waals surface area contributed by atoms with Gasteiger partial charge in [0, 0.05) is 19.5 Å². The molecule has 0 saturated carbocycles. The van der Waals surface area contributed by atoms with Crippen molar-refractivity contribution in [2.24, 2.45) is 16.5 Å². The van der Waals surface area contributed by atoms with Crippen molar-refractivity contribution in [1.82, 2.24) is 15.5 Å². The van der Waals surface area contributed by atoms with E-state index in [0.717, 1.165) is 18.5 Å². The van der Waals surface area contributed by atoms with Gasteiger partial charge < -0.3 is 27.0 Å². The van der Waals surface area contributed by atoms with Crippen molar-refractivity contribution < 1.29 is 23.6 Å². The lowest BCUT2D eigenvalue weighted by atomic mass is 10.1. The van der Waals surface area contributed by atoms with Crippen molar-refractivity contribution in [1.29, 1.82) is 0 Å². The van der Waals surface area contributed by atoms with E-state index in [0.29, 0.717) is 25.8 Å². The van der Waals surface area contributed by atoms with Crippen molar-refractivity contribution in [2.75, 3.05) is 32.9 Å². The molecule has 0 aromatic heterocycles. The summed E-state index contributed by atoms with van der Waals surface area (Å²) in [4.78, 5) is 52.5. The molecule has 0 aliphatic carbocycles. The molecule has 11 heteroatoms. The van der Waals surface area contributed by atoms with Crippen molar-refractivity contribution in [2.45, 2.75) is 79.2 Å². The summed E-state index contributed by atoms with van der Waals surface area (Å²) in [6, 6.07) is 8.87. The van der Waals surface area contributed by atoms with Crippen LogP contribution >= 0.6 is 0 Å². The van der Waals surface area contributed by atoms with Crippen molar-refractivity contribution in [3.63, 3.8) is 0 Å². The molecule has 1 saturated heterocycles. The minimum absolute atomic E-state index is 0.180. The number of nitrogens with one attached hydrogen (secondary N) is 2. The van der Waals surface area contributed by atoms with E-state index in [1.807, 2.05) is 51.1 Å². The summed E-state index contributed by atoms with van der Waals surface area (Å²) in [5, 5.41) is 4.94. The van der Waals surface area contributed by atoms with Gasteiger partial charge in [0.25, 0.3) is 0 Å². The van der Waals surface area contributed by atoms with Gasteiger partial charge in [-0.2, -0.15) is 0 Å². The third-order valence-corrected chi connectivity index (χ3v) is 4.92. The molecule has 222 valence electrons. The van der Waals surface area contributed by atoms with Crippen molar-refractivity contribution in [3.05, 3.63) is 35.9 Å². The Kier molecular flexibility index (Phi) is 24.0. The SMILES string of the molecule is CC.CCC.CCCN=C(N)N.O=C(CF)CNC(=O)C1CCCN1C(=O)CNC(=O)CCc1ccccc1. The highest BCUT2D eigenvalue weighted by molar-refractivity contribution is 5.93. The number of aryl methyl sites for hydroxylation is 1. The van der Waals surface area contributed by atoms with Crippen molar-refractivity contribution >= 4 is 29.5 Å². The maximum atomic E-state index is 12.3. The molecule has 3 amide bonds. The molecule has 0 radical (unpaired) electrons. The number of rotatable bonds is 11. The third-order valence-electron chi connectivity index (χ3n) is 4.92. The Morgan fingerprint density at radius 1 is 1.03 bits per heavy atom. The number of nitrogens with two attached hydrogens (primary N) is 2. The summed E-state index contributed by atoms with van der Waals surface area (Å²) >= 11 is 0. The first kappa shape index (κ1) is 37.7. The lowest BCUT2D eigenvalue weighted by Crippen LogP contribution is -2.49. The van der Waals surface area contributed by atoms with E-state index in [-0.39, 0.29) is 37.3 Å². The van der Waals surface area contributed by atoms with E-state index in [9.17, 15) is 23.6 Å². The van der Waals surface area contributed by atoms with E-state index in [1.54, 1.807) is 0 Å². The van der Waals surface area contributed by atoms with Gasteiger partial charge in [0.2, 0.25) is 17.7 Å². The van der Waals surface area contributed by atoms with Crippen LogP contribution in [0.1, 0.15) is 72.3 Å². The standard InChI is InChI=1S/C19H24FN3O4.C4H11N3.C3H8.C2H6/c20-11-15(24)12-22-19(27)16-7-4-10-23(16)18(26)13-21-17(25)9-8-14-5-2-1-3-6-14;1-2-3-7-4(5)6;1-3-2;1-2/h1-3,5-6,16H,4,7-13H2,(H,21,25)(H,22,27);2-3H2,1H3,(H4,5,6,7);3H2,1-2H3;1-2H3. The number of aliphatic imine (C=N–C) groups is 1. The minimum Gasteiger partial charge on any atom is -0.370 e. The molecule has 1 aliphatic rings. The van der Waals surface area contributed by atoms with Crippen LogP contribution in [0.3, 0.4) is 0 Å². The second-order valence-corrected chi connectivity index (χ2v) is 8.41. The highest BCUT2D eigenvalue weighted by Gasteiger charge is 2.33. The highest BCUT2D eigenvalue weighted by atomic mass is 19.1. The predicted molar refractivity (Wildman–Crippen MR) is 155 cm³/mol. The van der Waals surface area contributed by atoms with Crippen molar-refractivity contribution in [3.8, 4) is 0 Å². The zero-order valence-corrected chi connectivity index (χ0v) is 24.3. The minimum atomic E-state index is -1.14. The summed E-state index contributed by atoms with van der Waals surface area (Å²) in [6.07, 6.45) is 4.23. The fraction of sp³-hybridized carbons (Fsp3) is 0.607. The highest BCUT2D eigenvalue weighted by Crippen LogP contribution is 2.17. The molecule has 1 aromatic rings. The Labute approximate surface area is 233 Å². The third kappa shape index (κ3) is 19.3. The normalized spacial score (nSPS) is 13.2. The van der Waals surface area contributed by atoms with Gasteiger partial charge in [-0.25, -0.2) is 4.39 Å². The van der Waals surface area contributed by atoms with Crippen LogP contribution in [0.2, 0.25) is 0 Å². The number of halogens is 1. The fourth-order valence-electron chi connectivity index (χ4n) is 3.20. The number of alkyl halides is 1. The van der Waals surface area contributed by atoms with Gasteiger partial charge >= 0.3 is 0 Å². The average molecular weight is 553 g/mol. The maximum Gasteiger partial charge on any atom is 0.243 e. The fourth-order valence-corrected chi connectivity index (χ4v) is 3.20. The molecule has 1 aliphatic heterocycles. The molecule has 0 bridgehead atoms. The van der Waals surface area contributed by atoms with Crippen LogP contribution in [-0.2, 0) is 25.6 Å². The molecule has 10 nitrogen and oxygen atoms in total. The zero-order chi connectivity index (χ0) is 30.1. The second-order valence-electron chi connectivity index (χ2n) is 8.41. The molecule has 1 heterocycles. The number of benzene rings is 1. The quantitative estimate of drug-likeness (QED) is 0.244. The molecule has 1 aromatic carbocycles. The second kappa shape index (κ2) is 24.8. The van der Waals surface area contributed by atoms with E-state index in [2.05, 4.69) is 29.5 Å². The van der Waals surface area contributed by atoms with E-state index in [1.165, 1.54) is 11.3 Å². The number of carbonyl (C=O) groups excluding carboxylic acids is 4. The smallest absolute Gasteiger partial charge is 0.243 e. The molecule has 6 N–H and O–H groups in total. The van der Waals surface area contributed by atoms with Gasteiger partial charge in [-0.05, 0) is 31.2 Å². The van der Waals surface area contributed by atoms with Crippen LogP contribution in [0.15, 0.2) is 35.3 Å². The van der Waals surface area contributed by atoms with Crippen LogP contribution in [0, 0.1) is 0 Å². The lowest BCUT2D eigenvalue weighted by molar-refractivity contribution is -0.139. The number of hydrogen-bond acceptors (Lipinski definition) is 5. The number of hydrogen-bond donors (Lipinski definition) is 4. The number of likely N-dealkylation sites (tertiary alicyclic amines) is 1. The first-order valence-corrected chi connectivity index (χ1v) is 13.7. The number of ketones is 1. The largest absolute Gasteiger partial charge is 0.370 e. The molecule has 0 spiro atoms. The van der Waals surface area contributed by atoms with E-state index in [4.69, 9.17) is 11.5 Å². The van der Waals surface area contributed by atoms with Crippen LogP contribution in [0.5, 0.6) is 0 Å². The Bertz CT molecular complexity index is 848. The lowest BCUT2D eigenvalue weighted by Gasteiger charge is -2.24. The molecule has 1 fully saturated rings. The molecular weight excluding hydrogens is 503 g/mol. The zero-order valence-electron chi connectivity index (χ0n) is 24.3. The number of nitrogens with zero attached hydrogens (tertiary/aromatic N) is 2. The Morgan fingerprint density at radius 2 is 1.64 bits per heavy atom. The van der Waals surface area contributed by atoms with Crippen LogP contribution in [0.25, 0.3) is 0 Å². The number of amides is 3. The molecular formula is C28H49FN6O4. The molecule has 2 rings (SSSR count). The van der Waals surface area contributed by atoms with Gasteiger partial charge in [0.05, 0.1) is 13.1 Å². The number of guanidine groups is 1. The van der Waals surface area contributed by atoms with Gasteiger partial charge in [0.1, 0.15) is 12.7 Å². The summed E-state index contributed by atoms with van der Waals surface area (Å²) in [5.74, 6) is -1.59. The van der Waals surface area contributed by atoms with Gasteiger partial charge in [0.15, 0.2) is 11.7 Å². The van der Waals surface area contributed by atoms with Gasteiger partial charge in [-0.1, -0.05) is 71.4 Å². The van der Waals surface area contributed by atoms with Gasteiger partial charge in [-0.3, -0.25) is 24.2 Å². The summed E-state index contributed by atoms with van der Waals surface area (Å²) in [7, 11) is 0. The van der Waals surface area contributed by atoms with Crippen LogP contribution in [-0.4, -0.2) is 73.3 Å². The maximum absolute atomic E-state index is 12.3. The molecule has 1 unspecified atom stereocenters. The molecule has 39 heavy (non-hydrogen) atoms.